The molecule has 1 aliphatic carbocycles. The first-order valence-corrected chi connectivity index (χ1v) is 6.44. The normalized spacial score (nSPS) is 26.5. The standard InChI is InChI=1S/C13H24N2/c1-3-12-8-5-6-9-13(12)15(4-2)11-7-10-14/h12-13H,3-9,11H2,1-2H3. The molecule has 0 aromatic carbocycles. The van der Waals surface area contributed by atoms with E-state index in [-0.39, 0.29) is 0 Å². The van der Waals surface area contributed by atoms with E-state index in [4.69, 9.17) is 5.26 Å². The molecule has 15 heavy (non-hydrogen) atoms. The Morgan fingerprint density at radius 3 is 2.60 bits per heavy atom. The molecule has 2 unspecified atom stereocenters. The molecule has 1 fully saturated rings. The van der Waals surface area contributed by atoms with Gasteiger partial charge < -0.3 is 0 Å². The molecule has 0 aromatic heterocycles. The molecule has 0 saturated heterocycles. The summed E-state index contributed by atoms with van der Waals surface area (Å²) in [5.41, 5.74) is 0. The number of nitriles is 1. The summed E-state index contributed by atoms with van der Waals surface area (Å²) in [6.45, 7) is 6.59. The third-order valence-electron chi connectivity index (χ3n) is 3.78. The fourth-order valence-electron chi connectivity index (χ4n) is 2.90. The summed E-state index contributed by atoms with van der Waals surface area (Å²) in [5, 5.41) is 8.66. The molecule has 2 nitrogen and oxygen atoms in total. The van der Waals surface area contributed by atoms with Crippen LogP contribution >= 0.6 is 0 Å². The summed E-state index contributed by atoms with van der Waals surface area (Å²) in [4.78, 5) is 2.52. The van der Waals surface area contributed by atoms with Crippen LogP contribution in [-0.2, 0) is 0 Å². The van der Waals surface area contributed by atoms with E-state index in [1.165, 1.54) is 32.1 Å². The predicted molar refractivity (Wildman–Crippen MR) is 63.5 cm³/mol. The topological polar surface area (TPSA) is 27.0 Å². The highest BCUT2D eigenvalue weighted by atomic mass is 15.2. The van der Waals surface area contributed by atoms with Crippen LogP contribution in [0.2, 0.25) is 0 Å². The van der Waals surface area contributed by atoms with Crippen LogP contribution in [0.25, 0.3) is 0 Å². The maximum absolute atomic E-state index is 8.66. The molecule has 1 saturated carbocycles. The van der Waals surface area contributed by atoms with Gasteiger partial charge in [-0.2, -0.15) is 5.26 Å². The van der Waals surface area contributed by atoms with Crippen LogP contribution in [0.5, 0.6) is 0 Å². The smallest absolute Gasteiger partial charge is 0.0635 e. The van der Waals surface area contributed by atoms with Gasteiger partial charge in [-0.3, -0.25) is 4.90 Å². The van der Waals surface area contributed by atoms with Crippen molar-refractivity contribution in [2.75, 3.05) is 13.1 Å². The molecule has 1 rings (SSSR count). The van der Waals surface area contributed by atoms with E-state index < -0.39 is 0 Å². The van der Waals surface area contributed by atoms with Gasteiger partial charge in [-0.1, -0.05) is 33.1 Å². The van der Waals surface area contributed by atoms with Crippen molar-refractivity contribution < 1.29 is 0 Å². The summed E-state index contributed by atoms with van der Waals surface area (Å²) in [7, 11) is 0. The summed E-state index contributed by atoms with van der Waals surface area (Å²) in [6.07, 6.45) is 7.51. The number of nitrogens with zero attached hydrogens (tertiary/aromatic N) is 2. The van der Waals surface area contributed by atoms with Crippen molar-refractivity contribution in [2.45, 2.75) is 58.4 Å². The van der Waals surface area contributed by atoms with Crippen LogP contribution in [0.3, 0.4) is 0 Å². The number of hydrogen-bond acceptors (Lipinski definition) is 2. The Morgan fingerprint density at radius 2 is 2.00 bits per heavy atom. The average molecular weight is 208 g/mol. The Bertz CT molecular complexity index is 207. The Hall–Kier alpha value is -0.550. The van der Waals surface area contributed by atoms with Crippen molar-refractivity contribution >= 4 is 0 Å². The fourth-order valence-corrected chi connectivity index (χ4v) is 2.90. The highest BCUT2D eigenvalue weighted by Gasteiger charge is 2.27. The van der Waals surface area contributed by atoms with Gasteiger partial charge in [-0.05, 0) is 25.3 Å². The third kappa shape index (κ3) is 3.50. The van der Waals surface area contributed by atoms with Crippen LogP contribution in [-0.4, -0.2) is 24.0 Å². The van der Waals surface area contributed by atoms with Crippen LogP contribution in [0.15, 0.2) is 0 Å². The summed E-state index contributed by atoms with van der Waals surface area (Å²) in [5.74, 6) is 0.873. The minimum Gasteiger partial charge on any atom is -0.299 e. The highest BCUT2D eigenvalue weighted by molar-refractivity contribution is 4.84. The summed E-state index contributed by atoms with van der Waals surface area (Å²) >= 11 is 0. The molecule has 0 heterocycles. The van der Waals surface area contributed by atoms with Gasteiger partial charge in [0.15, 0.2) is 0 Å². The molecular weight excluding hydrogens is 184 g/mol. The SMILES string of the molecule is CCC1CCCCC1N(CC)CCC#N. The van der Waals surface area contributed by atoms with E-state index in [0.29, 0.717) is 6.42 Å². The average Bonchev–Trinajstić information content (AvgIpc) is 2.30. The van der Waals surface area contributed by atoms with Crippen molar-refractivity contribution in [3.8, 4) is 6.07 Å². The van der Waals surface area contributed by atoms with Gasteiger partial charge in [0.05, 0.1) is 6.07 Å². The van der Waals surface area contributed by atoms with Crippen molar-refractivity contribution in [3.05, 3.63) is 0 Å². The van der Waals surface area contributed by atoms with Gasteiger partial charge in [0, 0.05) is 19.0 Å². The Balaban J connectivity index is 2.51. The zero-order chi connectivity index (χ0) is 11.1. The molecule has 0 bridgehead atoms. The van der Waals surface area contributed by atoms with E-state index in [2.05, 4.69) is 24.8 Å². The highest BCUT2D eigenvalue weighted by Crippen LogP contribution is 2.30. The third-order valence-corrected chi connectivity index (χ3v) is 3.78. The first kappa shape index (κ1) is 12.5. The molecular formula is C13H24N2. The predicted octanol–water partition coefficient (Wildman–Crippen LogP) is 3.19. The first-order chi connectivity index (χ1) is 7.33. The summed E-state index contributed by atoms with van der Waals surface area (Å²) in [6, 6.07) is 3.01. The monoisotopic (exact) mass is 208 g/mol. The van der Waals surface area contributed by atoms with Crippen molar-refractivity contribution in [1.29, 1.82) is 5.26 Å². The lowest BCUT2D eigenvalue weighted by Crippen LogP contribution is -2.42. The van der Waals surface area contributed by atoms with Crippen LogP contribution in [0, 0.1) is 17.2 Å². The van der Waals surface area contributed by atoms with Gasteiger partial charge in [0.25, 0.3) is 0 Å². The first-order valence-electron chi connectivity index (χ1n) is 6.44. The van der Waals surface area contributed by atoms with E-state index in [0.717, 1.165) is 25.0 Å². The zero-order valence-corrected chi connectivity index (χ0v) is 10.2. The van der Waals surface area contributed by atoms with E-state index in [9.17, 15) is 0 Å². The van der Waals surface area contributed by atoms with Gasteiger partial charge in [-0.25, -0.2) is 0 Å². The van der Waals surface area contributed by atoms with Crippen LogP contribution in [0.1, 0.15) is 52.4 Å². The maximum atomic E-state index is 8.66. The quantitative estimate of drug-likeness (QED) is 0.694. The molecule has 0 radical (unpaired) electrons. The Labute approximate surface area is 94.3 Å². The van der Waals surface area contributed by atoms with Crippen molar-refractivity contribution in [2.24, 2.45) is 5.92 Å². The lowest BCUT2D eigenvalue weighted by Gasteiger charge is -2.39. The lowest BCUT2D eigenvalue weighted by atomic mass is 9.82. The Morgan fingerprint density at radius 1 is 1.27 bits per heavy atom. The minimum atomic E-state index is 0.681. The van der Waals surface area contributed by atoms with E-state index >= 15 is 0 Å². The molecule has 0 aromatic rings. The molecule has 0 N–H and O–H groups in total. The number of rotatable bonds is 5. The van der Waals surface area contributed by atoms with E-state index in [1.807, 2.05) is 0 Å². The fraction of sp³-hybridized carbons (Fsp3) is 0.923. The zero-order valence-electron chi connectivity index (χ0n) is 10.2. The lowest BCUT2D eigenvalue weighted by molar-refractivity contribution is 0.108. The number of hydrogen-bond donors (Lipinski definition) is 0. The molecule has 0 aliphatic heterocycles. The minimum absolute atomic E-state index is 0.681. The molecule has 2 atom stereocenters. The van der Waals surface area contributed by atoms with Gasteiger partial charge in [-0.15, -0.1) is 0 Å². The van der Waals surface area contributed by atoms with Gasteiger partial charge in [0.1, 0.15) is 0 Å². The maximum Gasteiger partial charge on any atom is 0.0635 e. The Kier molecular flexibility index (Phi) is 5.71. The molecule has 2 heteroatoms. The van der Waals surface area contributed by atoms with E-state index in [1.54, 1.807) is 0 Å². The van der Waals surface area contributed by atoms with Crippen molar-refractivity contribution in [1.82, 2.24) is 4.90 Å². The second-order valence-corrected chi connectivity index (χ2v) is 4.56. The molecule has 0 amide bonds. The second kappa shape index (κ2) is 6.85. The van der Waals surface area contributed by atoms with Gasteiger partial charge in [0.2, 0.25) is 0 Å². The van der Waals surface area contributed by atoms with Gasteiger partial charge >= 0.3 is 0 Å². The largest absolute Gasteiger partial charge is 0.299 e. The molecule has 86 valence electrons. The summed E-state index contributed by atoms with van der Waals surface area (Å²) < 4.78 is 0. The molecule has 1 aliphatic rings. The van der Waals surface area contributed by atoms with Crippen molar-refractivity contribution in [3.63, 3.8) is 0 Å². The van der Waals surface area contributed by atoms with Crippen LogP contribution < -0.4 is 0 Å². The second-order valence-electron chi connectivity index (χ2n) is 4.56. The van der Waals surface area contributed by atoms with Crippen LogP contribution in [0.4, 0.5) is 0 Å². The molecule has 0 spiro atoms.